The summed E-state index contributed by atoms with van der Waals surface area (Å²) in [6, 6.07) is 0.539. The lowest BCUT2D eigenvalue weighted by molar-refractivity contribution is -0.000643. The van der Waals surface area contributed by atoms with Crippen LogP contribution in [0.4, 0.5) is 0 Å². The molecule has 72 valence electrons. The molecular formula is C10H21NO. The SMILES string of the molecule is CC(C)COC1CCCNC1C. The fraction of sp³-hybridized carbons (Fsp3) is 1.00. The maximum atomic E-state index is 5.79. The first-order valence-corrected chi connectivity index (χ1v) is 5.05. The minimum Gasteiger partial charge on any atom is -0.376 e. The van der Waals surface area contributed by atoms with Gasteiger partial charge < -0.3 is 10.1 Å². The Balaban J connectivity index is 2.20. The number of ether oxygens (including phenoxy) is 1. The molecule has 1 aliphatic heterocycles. The third-order valence-electron chi connectivity index (χ3n) is 2.33. The molecule has 1 saturated heterocycles. The van der Waals surface area contributed by atoms with E-state index in [1.54, 1.807) is 0 Å². The van der Waals surface area contributed by atoms with E-state index in [9.17, 15) is 0 Å². The highest BCUT2D eigenvalue weighted by Gasteiger charge is 2.21. The summed E-state index contributed by atoms with van der Waals surface area (Å²) in [5.74, 6) is 0.652. The second-order valence-electron chi connectivity index (χ2n) is 4.15. The molecule has 0 spiro atoms. The van der Waals surface area contributed by atoms with Crippen LogP contribution in [0.25, 0.3) is 0 Å². The van der Waals surface area contributed by atoms with Crippen molar-refractivity contribution in [2.24, 2.45) is 5.92 Å². The minimum absolute atomic E-state index is 0.446. The number of hydrogen-bond acceptors (Lipinski definition) is 2. The Labute approximate surface area is 75.7 Å². The largest absolute Gasteiger partial charge is 0.376 e. The summed E-state index contributed by atoms with van der Waals surface area (Å²) in [6.45, 7) is 8.66. The second kappa shape index (κ2) is 4.83. The third-order valence-corrected chi connectivity index (χ3v) is 2.33. The molecule has 0 bridgehead atoms. The van der Waals surface area contributed by atoms with E-state index in [1.807, 2.05) is 0 Å². The van der Waals surface area contributed by atoms with Crippen molar-refractivity contribution in [3.63, 3.8) is 0 Å². The summed E-state index contributed by atoms with van der Waals surface area (Å²) in [6.07, 6.45) is 2.93. The van der Waals surface area contributed by atoms with E-state index in [2.05, 4.69) is 26.1 Å². The van der Waals surface area contributed by atoms with Gasteiger partial charge >= 0.3 is 0 Å². The number of rotatable bonds is 3. The van der Waals surface area contributed by atoms with Gasteiger partial charge in [-0.15, -0.1) is 0 Å². The van der Waals surface area contributed by atoms with Crippen LogP contribution >= 0.6 is 0 Å². The zero-order chi connectivity index (χ0) is 8.97. The Morgan fingerprint density at radius 1 is 1.50 bits per heavy atom. The molecule has 0 aromatic carbocycles. The van der Waals surface area contributed by atoms with Gasteiger partial charge in [-0.1, -0.05) is 13.8 Å². The van der Waals surface area contributed by atoms with Gasteiger partial charge in [0, 0.05) is 12.6 Å². The molecule has 1 rings (SSSR count). The van der Waals surface area contributed by atoms with Crippen LogP contribution in [-0.4, -0.2) is 25.3 Å². The maximum absolute atomic E-state index is 5.79. The lowest BCUT2D eigenvalue weighted by Gasteiger charge is -2.30. The molecule has 0 radical (unpaired) electrons. The van der Waals surface area contributed by atoms with E-state index >= 15 is 0 Å². The van der Waals surface area contributed by atoms with Gasteiger partial charge in [-0.05, 0) is 32.2 Å². The highest BCUT2D eigenvalue weighted by Crippen LogP contribution is 2.13. The topological polar surface area (TPSA) is 21.3 Å². The minimum atomic E-state index is 0.446. The lowest BCUT2D eigenvalue weighted by atomic mass is 10.0. The first-order chi connectivity index (χ1) is 5.70. The van der Waals surface area contributed by atoms with Crippen molar-refractivity contribution in [1.82, 2.24) is 5.32 Å². The van der Waals surface area contributed by atoms with Crippen LogP contribution in [0.2, 0.25) is 0 Å². The summed E-state index contributed by atoms with van der Waals surface area (Å²) in [5, 5.41) is 3.43. The van der Waals surface area contributed by atoms with Gasteiger partial charge in [0.2, 0.25) is 0 Å². The first kappa shape index (κ1) is 10.0. The second-order valence-corrected chi connectivity index (χ2v) is 4.15. The molecule has 2 unspecified atom stereocenters. The van der Waals surface area contributed by atoms with Gasteiger partial charge in [-0.2, -0.15) is 0 Å². The molecular weight excluding hydrogens is 150 g/mol. The van der Waals surface area contributed by atoms with Gasteiger partial charge in [0.1, 0.15) is 0 Å². The van der Waals surface area contributed by atoms with Crippen LogP contribution in [0.3, 0.4) is 0 Å². The number of hydrogen-bond donors (Lipinski definition) is 1. The zero-order valence-corrected chi connectivity index (χ0v) is 8.47. The maximum Gasteiger partial charge on any atom is 0.0725 e. The van der Waals surface area contributed by atoms with Gasteiger partial charge in [0.25, 0.3) is 0 Å². The number of nitrogens with one attached hydrogen (secondary N) is 1. The van der Waals surface area contributed by atoms with E-state index in [0.717, 1.165) is 13.2 Å². The van der Waals surface area contributed by atoms with Crippen LogP contribution in [0.5, 0.6) is 0 Å². The quantitative estimate of drug-likeness (QED) is 0.699. The van der Waals surface area contributed by atoms with Crippen molar-refractivity contribution in [3.8, 4) is 0 Å². The van der Waals surface area contributed by atoms with Gasteiger partial charge in [0.05, 0.1) is 6.10 Å². The average molecular weight is 171 g/mol. The zero-order valence-electron chi connectivity index (χ0n) is 8.47. The monoisotopic (exact) mass is 171 g/mol. The Kier molecular flexibility index (Phi) is 4.02. The van der Waals surface area contributed by atoms with Crippen LogP contribution in [0.15, 0.2) is 0 Å². The Bertz CT molecular complexity index is 125. The molecule has 1 fully saturated rings. The van der Waals surface area contributed by atoms with Crippen molar-refractivity contribution in [3.05, 3.63) is 0 Å². The van der Waals surface area contributed by atoms with Crippen molar-refractivity contribution in [2.75, 3.05) is 13.2 Å². The Morgan fingerprint density at radius 3 is 2.83 bits per heavy atom. The van der Waals surface area contributed by atoms with Crippen molar-refractivity contribution in [2.45, 2.75) is 45.8 Å². The standard InChI is InChI=1S/C10H21NO/c1-8(2)7-12-10-5-4-6-11-9(10)3/h8-11H,4-7H2,1-3H3. The molecule has 0 saturated carbocycles. The summed E-state index contributed by atoms with van der Waals surface area (Å²) < 4.78 is 5.79. The molecule has 2 heteroatoms. The third kappa shape index (κ3) is 3.11. The normalized spacial score (nSPS) is 31.0. The van der Waals surface area contributed by atoms with Crippen LogP contribution in [0.1, 0.15) is 33.6 Å². The molecule has 2 atom stereocenters. The van der Waals surface area contributed by atoms with Crippen LogP contribution in [0, 0.1) is 5.92 Å². The highest BCUT2D eigenvalue weighted by molar-refractivity contribution is 4.78. The predicted molar refractivity (Wildman–Crippen MR) is 51.3 cm³/mol. The van der Waals surface area contributed by atoms with Gasteiger partial charge in [-0.25, -0.2) is 0 Å². The van der Waals surface area contributed by atoms with Crippen LogP contribution in [-0.2, 0) is 4.74 Å². The molecule has 2 nitrogen and oxygen atoms in total. The van der Waals surface area contributed by atoms with Gasteiger partial charge in [-0.3, -0.25) is 0 Å². The first-order valence-electron chi connectivity index (χ1n) is 5.05. The smallest absolute Gasteiger partial charge is 0.0725 e. The highest BCUT2D eigenvalue weighted by atomic mass is 16.5. The molecule has 0 aliphatic carbocycles. The fourth-order valence-corrected chi connectivity index (χ4v) is 1.56. The predicted octanol–water partition coefficient (Wildman–Crippen LogP) is 1.80. The van der Waals surface area contributed by atoms with E-state index in [0.29, 0.717) is 18.1 Å². The summed E-state index contributed by atoms with van der Waals surface area (Å²) >= 11 is 0. The average Bonchev–Trinajstić information content (AvgIpc) is 2.03. The van der Waals surface area contributed by atoms with Crippen molar-refractivity contribution < 1.29 is 4.74 Å². The van der Waals surface area contributed by atoms with Crippen molar-refractivity contribution in [1.29, 1.82) is 0 Å². The molecule has 1 N–H and O–H groups in total. The van der Waals surface area contributed by atoms with E-state index in [1.165, 1.54) is 12.8 Å². The van der Waals surface area contributed by atoms with E-state index < -0.39 is 0 Å². The molecule has 1 aliphatic rings. The molecule has 0 aromatic rings. The molecule has 1 heterocycles. The summed E-state index contributed by atoms with van der Waals surface area (Å²) in [4.78, 5) is 0. The molecule has 0 aromatic heterocycles. The number of piperidine rings is 1. The Morgan fingerprint density at radius 2 is 2.25 bits per heavy atom. The summed E-state index contributed by atoms with van der Waals surface area (Å²) in [5.41, 5.74) is 0. The van der Waals surface area contributed by atoms with E-state index in [-0.39, 0.29) is 0 Å². The molecule has 0 amide bonds. The lowest BCUT2D eigenvalue weighted by Crippen LogP contribution is -2.44. The van der Waals surface area contributed by atoms with E-state index in [4.69, 9.17) is 4.74 Å². The van der Waals surface area contributed by atoms with Gasteiger partial charge in [0.15, 0.2) is 0 Å². The van der Waals surface area contributed by atoms with Crippen LogP contribution < -0.4 is 5.32 Å². The Hall–Kier alpha value is -0.0800. The fourth-order valence-electron chi connectivity index (χ4n) is 1.56. The molecule has 12 heavy (non-hydrogen) atoms. The van der Waals surface area contributed by atoms with Crippen molar-refractivity contribution >= 4 is 0 Å². The summed E-state index contributed by atoms with van der Waals surface area (Å²) in [7, 11) is 0.